The third-order valence-corrected chi connectivity index (χ3v) is 7.35. The molecule has 4 aromatic carbocycles. The first-order chi connectivity index (χ1) is 20.7. The molecule has 7 heteroatoms. The third-order valence-electron chi connectivity index (χ3n) is 7.35. The first-order valence-electron chi connectivity index (χ1n) is 14.6. The predicted octanol–water partition coefficient (Wildman–Crippen LogP) is 6.33. The summed E-state index contributed by atoms with van der Waals surface area (Å²) in [5, 5.41) is 9.45. The van der Waals surface area contributed by atoms with Crippen molar-refractivity contribution >= 4 is 11.7 Å². The fraction of sp³-hybridized carbons (Fsp3) is 0.306. The van der Waals surface area contributed by atoms with Crippen molar-refractivity contribution in [3.8, 4) is 11.5 Å². The number of aryl methyl sites for hydroxylation is 2. The lowest BCUT2D eigenvalue weighted by Crippen LogP contribution is -2.35. The first-order valence-corrected chi connectivity index (χ1v) is 14.6. The lowest BCUT2D eigenvalue weighted by atomic mass is 10.1. The molecular weight excluding hydrogens is 538 g/mol. The SMILES string of the molecule is Cc1cccc(COc2ccccc2CN(CC[C@H](N)C(=O)O)Cc2ccc(N(C)C)cc2OCc2cccc(C)c2)c1. The molecule has 3 N–H and O–H groups in total. The molecule has 0 aliphatic heterocycles. The molecule has 0 aromatic heterocycles. The van der Waals surface area contributed by atoms with Crippen LogP contribution in [0.25, 0.3) is 0 Å². The highest BCUT2D eigenvalue weighted by Crippen LogP contribution is 2.29. The molecule has 0 heterocycles. The van der Waals surface area contributed by atoms with E-state index in [2.05, 4.69) is 84.3 Å². The maximum absolute atomic E-state index is 11.5. The molecule has 0 spiro atoms. The average molecular weight is 582 g/mol. The number of carboxylic acids is 1. The Bertz CT molecular complexity index is 1500. The molecule has 4 aromatic rings. The summed E-state index contributed by atoms with van der Waals surface area (Å²) in [4.78, 5) is 15.8. The summed E-state index contributed by atoms with van der Waals surface area (Å²) < 4.78 is 12.7. The Labute approximate surface area is 255 Å². The van der Waals surface area contributed by atoms with Gasteiger partial charge in [0.25, 0.3) is 0 Å². The number of hydrogen-bond acceptors (Lipinski definition) is 6. The Balaban J connectivity index is 1.58. The minimum Gasteiger partial charge on any atom is -0.489 e. The van der Waals surface area contributed by atoms with E-state index in [1.165, 1.54) is 11.1 Å². The maximum atomic E-state index is 11.5. The van der Waals surface area contributed by atoms with E-state index in [0.717, 1.165) is 39.4 Å². The van der Waals surface area contributed by atoms with Gasteiger partial charge in [0.05, 0.1) is 0 Å². The normalized spacial score (nSPS) is 11.8. The molecule has 0 bridgehead atoms. The van der Waals surface area contributed by atoms with Gasteiger partial charge in [0, 0.05) is 56.6 Å². The second-order valence-electron chi connectivity index (χ2n) is 11.3. The van der Waals surface area contributed by atoms with Crippen molar-refractivity contribution in [2.75, 3.05) is 25.5 Å². The summed E-state index contributed by atoms with van der Waals surface area (Å²) in [6.45, 7) is 6.66. The van der Waals surface area contributed by atoms with Crippen LogP contribution in [-0.4, -0.2) is 42.7 Å². The summed E-state index contributed by atoms with van der Waals surface area (Å²) in [5.74, 6) is 0.596. The van der Waals surface area contributed by atoms with Gasteiger partial charge >= 0.3 is 5.97 Å². The van der Waals surface area contributed by atoms with Crippen molar-refractivity contribution in [2.24, 2.45) is 5.73 Å². The van der Waals surface area contributed by atoms with Crippen molar-refractivity contribution < 1.29 is 19.4 Å². The van der Waals surface area contributed by atoms with Crippen LogP contribution in [0.15, 0.2) is 91.0 Å². The first kappa shape index (κ1) is 31.6. The van der Waals surface area contributed by atoms with Gasteiger partial charge < -0.3 is 25.2 Å². The number of aliphatic carboxylic acids is 1. The lowest BCUT2D eigenvalue weighted by molar-refractivity contribution is -0.138. The Hall–Kier alpha value is -4.33. The molecule has 226 valence electrons. The van der Waals surface area contributed by atoms with Gasteiger partial charge in [0.15, 0.2) is 0 Å². The van der Waals surface area contributed by atoms with Crippen LogP contribution < -0.4 is 20.1 Å². The molecule has 0 saturated heterocycles. The average Bonchev–Trinajstić information content (AvgIpc) is 2.98. The maximum Gasteiger partial charge on any atom is 0.320 e. The van der Waals surface area contributed by atoms with Crippen LogP contribution in [-0.2, 0) is 31.1 Å². The Morgan fingerprint density at radius 3 is 1.93 bits per heavy atom. The van der Waals surface area contributed by atoms with E-state index in [0.29, 0.717) is 39.3 Å². The van der Waals surface area contributed by atoms with Crippen molar-refractivity contribution in [1.82, 2.24) is 4.90 Å². The predicted molar refractivity (Wildman–Crippen MR) is 173 cm³/mol. The lowest BCUT2D eigenvalue weighted by Gasteiger charge is -2.26. The van der Waals surface area contributed by atoms with Crippen molar-refractivity contribution in [2.45, 2.75) is 52.6 Å². The van der Waals surface area contributed by atoms with Crippen LogP contribution in [0, 0.1) is 13.8 Å². The van der Waals surface area contributed by atoms with Gasteiger partial charge in [0.2, 0.25) is 0 Å². The van der Waals surface area contributed by atoms with E-state index in [1.807, 2.05) is 44.4 Å². The summed E-state index contributed by atoms with van der Waals surface area (Å²) in [5.41, 5.74) is 13.6. The third kappa shape index (κ3) is 9.60. The van der Waals surface area contributed by atoms with Crippen molar-refractivity contribution in [3.63, 3.8) is 0 Å². The molecule has 0 unspecified atom stereocenters. The molecule has 0 saturated carbocycles. The van der Waals surface area contributed by atoms with Crippen molar-refractivity contribution in [3.05, 3.63) is 124 Å². The second kappa shape index (κ2) is 15.2. The second-order valence-corrected chi connectivity index (χ2v) is 11.3. The zero-order chi connectivity index (χ0) is 30.8. The topological polar surface area (TPSA) is 88.3 Å². The molecular formula is C36H43N3O4. The largest absolute Gasteiger partial charge is 0.489 e. The van der Waals surface area contributed by atoms with Gasteiger partial charge in [-0.15, -0.1) is 0 Å². The smallest absolute Gasteiger partial charge is 0.320 e. The minimum absolute atomic E-state index is 0.316. The van der Waals surface area contributed by atoms with Crippen LogP contribution in [0.1, 0.15) is 39.8 Å². The number of para-hydroxylation sites is 1. The zero-order valence-electron chi connectivity index (χ0n) is 25.6. The monoisotopic (exact) mass is 581 g/mol. The van der Waals surface area contributed by atoms with E-state index in [9.17, 15) is 9.90 Å². The standard InChI is InChI=1S/C36H43N3O4/c1-26-9-7-11-28(19-26)24-42-34-14-6-5-13-30(34)22-39(18-17-33(37)36(40)41)23-31-15-16-32(38(3)4)21-35(31)43-25-29-12-8-10-27(2)20-29/h5-16,19-21,33H,17-18,22-25,37H2,1-4H3,(H,40,41)/t33-/m0/s1. The van der Waals surface area contributed by atoms with E-state index in [1.54, 1.807) is 0 Å². The summed E-state index contributed by atoms with van der Waals surface area (Å²) >= 11 is 0. The van der Waals surface area contributed by atoms with Crippen LogP contribution in [0.5, 0.6) is 11.5 Å². The summed E-state index contributed by atoms with van der Waals surface area (Å²) in [6, 6.07) is 29.9. The summed E-state index contributed by atoms with van der Waals surface area (Å²) in [6.07, 6.45) is 0.316. The van der Waals surface area contributed by atoms with Crippen LogP contribution >= 0.6 is 0 Å². The van der Waals surface area contributed by atoms with Gasteiger partial charge in [-0.05, 0) is 43.5 Å². The number of nitrogens with zero attached hydrogens (tertiary/aromatic N) is 2. The number of hydrogen-bond donors (Lipinski definition) is 2. The molecule has 0 amide bonds. The molecule has 0 fully saturated rings. The number of benzene rings is 4. The van der Waals surface area contributed by atoms with E-state index in [-0.39, 0.29) is 0 Å². The van der Waals surface area contributed by atoms with E-state index < -0.39 is 12.0 Å². The number of anilines is 1. The van der Waals surface area contributed by atoms with E-state index >= 15 is 0 Å². The number of nitrogens with two attached hydrogens (primary N) is 1. The van der Waals surface area contributed by atoms with Crippen LogP contribution in [0.2, 0.25) is 0 Å². The highest BCUT2D eigenvalue weighted by molar-refractivity contribution is 5.73. The van der Waals surface area contributed by atoms with Gasteiger partial charge in [0.1, 0.15) is 30.8 Å². The Kier molecular flexibility index (Phi) is 11.2. The van der Waals surface area contributed by atoms with Crippen LogP contribution in [0.3, 0.4) is 0 Å². The minimum atomic E-state index is -1.00. The molecule has 0 radical (unpaired) electrons. The van der Waals surface area contributed by atoms with E-state index in [4.69, 9.17) is 15.2 Å². The van der Waals surface area contributed by atoms with Crippen molar-refractivity contribution in [1.29, 1.82) is 0 Å². The van der Waals surface area contributed by atoms with Crippen LogP contribution in [0.4, 0.5) is 5.69 Å². The summed E-state index contributed by atoms with van der Waals surface area (Å²) in [7, 11) is 4.01. The number of carbonyl (C=O) groups is 1. The van der Waals surface area contributed by atoms with Gasteiger partial charge in [-0.1, -0.05) is 83.9 Å². The zero-order valence-corrected chi connectivity index (χ0v) is 25.6. The highest BCUT2D eigenvalue weighted by Gasteiger charge is 2.18. The molecule has 43 heavy (non-hydrogen) atoms. The van der Waals surface area contributed by atoms with Gasteiger partial charge in [-0.25, -0.2) is 0 Å². The number of rotatable bonds is 15. The molecule has 0 aliphatic carbocycles. The Morgan fingerprint density at radius 1 is 0.767 bits per heavy atom. The fourth-order valence-corrected chi connectivity index (χ4v) is 4.93. The Morgan fingerprint density at radius 2 is 1.35 bits per heavy atom. The fourth-order valence-electron chi connectivity index (χ4n) is 4.93. The molecule has 7 nitrogen and oxygen atoms in total. The van der Waals surface area contributed by atoms with Gasteiger partial charge in [-0.3, -0.25) is 9.69 Å². The van der Waals surface area contributed by atoms with Gasteiger partial charge in [-0.2, -0.15) is 0 Å². The molecule has 4 rings (SSSR count). The number of ether oxygens (including phenoxy) is 2. The molecule has 1 atom stereocenters. The molecule has 0 aliphatic rings. The highest BCUT2D eigenvalue weighted by atomic mass is 16.5. The quantitative estimate of drug-likeness (QED) is 0.170. The number of carboxylic acid groups (broad SMARTS) is 1.